The van der Waals surface area contributed by atoms with Gasteiger partial charge in [0.2, 0.25) is 0 Å². The maximum Gasteiger partial charge on any atom is 0.352 e. The van der Waals surface area contributed by atoms with Gasteiger partial charge in [-0.2, -0.15) is 0 Å². The molecule has 0 saturated carbocycles. The topological polar surface area (TPSA) is 27.7 Å². The maximum absolute atomic E-state index is 6.22. The summed E-state index contributed by atoms with van der Waals surface area (Å²) >= 11 is 0. The Hall–Kier alpha value is -0.206. The second-order valence-electron chi connectivity index (χ2n) is 5.95. The molecule has 0 heterocycles. The first kappa shape index (κ1) is 18.8. The van der Waals surface area contributed by atoms with Gasteiger partial charge in [-0.1, -0.05) is 39.1 Å². The maximum atomic E-state index is 6.22. The molecule has 0 amide bonds. The summed E-state index contributed by atoms with van der Waals surface area (Å²) in [5.41, 5.74) is 3.64. The van der Waals surface area contributed by atoms with Gasteiger partial charge in [0.15, 0.2) is 0 Å². The molecule has 0 radical (unpaired) electrons. The fraction of sp³-hybridized carbons (Fsp3) is 0.714. The highest BCUT2D eigenvalue weighted by Crippen LogP contribution is 2.20. The normalized spacial score (nSPS) is 18.1. The minimum Gasteiger partial charge on any atom is -0.409 e. The molecule has 0 aromatic heterocycles. The second-order valence-corrected chi connectivity index (χ2v) is 12.2. The summed E-state index contributed by atoms with van der Waals surface area (Å²) in [4.78, 5) is 0. The van der Waals surface area contributed by atoms with E-state index in [0.717, 1.165) is 0 Å². The smallest absolute Gasteiger partial charge is 0.352 e. The van der Waals surface area contributed by atoms with Crippen molar-refractivity contribution >= 4 is 17.1 Å². The predicted molar refractivity (Wildman–Crippen MR) is 86.3 cm³/mol. The van der Waals surface area contributed by atoms with E-state index in [4.69, 9.17) is 13.0 Å². The third-order valence-corrected chi connectivity index (χ3v) is 8.76. The molecule has 0 aromatic rings. The van der Waals surface area contributed by atoms with Crippen molar-refractivity contribution in [2.24, 2.45) is 11.8 Å². The highest BCUT2D eigenvalue weighted by Gasteiger charge is 2.39. The molecular formula is C14H30O3Si2. The molecular weight excluding hydrogens is 272 g/mol. The fourth-order valence-corrected chi connectivity index (χ4v) is 7.25. The van der Waals surface area contributed by atoms with Gasteiger partial charge in [-0.15, -0.1) is 13.2 Å². The molecule has 0 aromatic carbocycles. The van der Waals surface area contributed by atoms with Crippen molar-refractivity contribution in [2.45, 2.75) is 40.8 Å². The highest BCUT2D eigenvalue weighted by molar-refractivity contribution is 6.84. The molecule has 0 spiro atoms. The van der Waals surface area contributed by atoms with Gasteiger partial charge in [-0.25, -0.2) is 0 Å². The Bertz CT molecular complexity index is 266. The Morgan fingerprint density at radius 2 is 1.16 bits per heavy atom. The van der Waals surface area contributed by atoms with Crippen molar-refractivity contribution in [2.75, 3.05) is 13.2 Å². The van der Waals surface area contributed by atoms with Crippen LogP contribution in [0.4, 0.5) is 0 Å². The summed E-state index contributed by atoms with van der Waals surface area (Å²) in [5, 5.41) is 0. The minimum atomic E-state index is -2.39. The van der Waals surface area contributed by atoms with Gasteiger partial charge >= 0.3 is 17.1 Å². The zero-order valence-electron chi connectivity index (χ0n) is 13.4. The Kier molecular flexibility index (Phi) is 8.07. The lowest BCUT2D eigenvalue weighted by Gasteiger charge is -2.34. The van der Waals surface area contributed by atoms with Gasteiger partial charge in [0.1, 0.15) is 0 Å². The fourth-order valence-electron chi connectivity index (χ4n) is 1.33. The van der Waals surface area contributed by atoms with Crippen LogP contribution in [-0.2, 0) is 13.0 Å². The highest BCUT2D eigenvalue weighted by atomic mass is 28.5. The molecule has 3 nitrogen and oxygen atoms in total. The number of hydrogen-bond donors (Lipinski definition) is 0. The van der Waals surface area contributed by atoms with Gasteiger partial charge in [-0.3, -0.25) is 0 Å². The van der Waals surface area contributed by atoms with Crippen molar-refractivity contribution in [3.63, 3.8) is 0 Å². The Labute approximate surface area is 121 Å². The summed E-state index contributed by atoms with van der Waals surface area (Å²) in [6.07, 6.45) is 0. The van der Waals surface area contributed by atoms with E-state index in [-0.39, 0.29) is 0 Å². The molecule has 0 aliphatic carbocycles. The molecule has 2 atom stereocenters. The van der Waals surface area contributed by atoms with Crippen LogP contribution in [-0.4, -0.2) is 30.3 Å². The predicted octanol–water partition coefficient (Wildman–Crippen LogP) is 3.94. The average molecular weight is 303 g/mol. The average Bonchev–Trinajstić information content (AvgIpc) is 2.34. The van der Waals surface area contributed by atoms with Crippen LogP contribution in [0.5, 0.6) is 0 Å². The van der Waals surface area contributed by atoms with Crippen LogP contribution >= 0.6 is 0 Å². The standard InChI is InChI=1S/C14H30O3Si2/c1-9-18(7,15-11-13(3)4)17-19(8,10-2)16-12-14(5)6/h9-10,13-14H,1-2,11-12H2,3-8H3. The molecule has 5 heteroatoms. The molecule has 19 heavy (non-hydrogen) atoms. The SMILES string of the molecule is C=C[Si](C)(OCC(C)C)O[Si](C)(C=C)OCC(C)C. The van der Waals surface area contributed by atoms with Gasteiger partial charge in [-0.05, 0) is 24.9 Å². The van der Waals surface area contributed by atoms with Gasteiger partial charge < -0.3 is 13.0 Å². The summed E-state index contributed by atoms with van der Waals surface area (Å²) in [7, 11) is -4.77. The van der Waals surface area contributed by atoms with Crippen LogP contribution in [0.3, 0.4) is 0 Å². The van der Waals surface area contributed by atoms with Crippen LogP contribution in [0.1, 0.15) is 27.7 Å². The second kappa shape index (κ2) is 8.16. The van der Waals surface area contributed by atoms with E-state index in [1.165, 1.54) is 0 Å². The third kappa shape index (κ3) is 7.84. The zero-order chi connectivity index (χ0) is 15.1. The largest absolute Gasteiger partial charge is 0.409 e. The molecule has 112 valence electrons. The molecule has 0 rings (SSSR count). The van der Waals surface area contributed by atoms with Gasteiger partial charge in [0.25, 0.3) is 0 Å². The zero-order valence-corrected chi connectivity index (χ0v) is 15.4. The molecule has 2 unspecified atom stereocenters. The van der Waals surface area contributed by atoms with E-state index in [0.29, 0.717) is 25.0 Å². The molecule has 0 aliphatic rings. The van der Waals surface area contributed by atoms with Gasteiger partial charge in [0, 0.05) is 13.2 Å². The summed E-state index contributed by atoms with van der Waals surface area (Å²) in [5.74, 6) is 0.951. The van der Waals surface area contributed by atoms with E-state index in [1.54, 1.807) is 0 Å². The molecule has 0 fully saturated rings. The third-order valence-electron chi connectivity index (χ3n) is 2.55. The molecule has 0 N–H and O–H groups in total. The minimum absolute atomic E-state index is 0.476. The van der Waals surface area contributed by atoms with Crippen LogP contribution in [0.25, 0.3) is 0 Å². The van der Waals surface area contributed by atoms with Gasteiger partial charge in [0.05, 0.1) is 0 Å². The number of hydrogen-bond acceptors (Lipinski definition) is 3. The van der Waals surface area contributed by atoms with E-state index in [9.17, 15) is 0 Å². The van der Waals surface area contributed by atoms with Crippen molar-refractivity contribution in [1.82, 2.24) is 0 Å². The monoisotopic (exact) mass is 302 g/mol. The first-order valence-corrected chi connectivity index (χ1v) is 11.7. The van der Waals surface area contributed by atoms with E-state index < -0.39 is 17.1 Å². The van der Waals surface area contributed by atoms with E-state index in [1.807, 2.05) is 24.5 Å². The van der Waals surface area contributed by atoms with Crippen molar-refractivity contribution in [3.05, 3.63) is 24.6 Å². The summed E-state index contributed by atoms with van der Waals surface area (Å²) in [6, 6.07) is 0. The molecule has 0 aliphatic heterocycles. The molecule has 0 bridgehead atoms. The van der Waals surface area contributed by atoms with Crippen molar-refractivity contribution in [1.29, 1.82) is 0 Å². The Morgan fingerprint density at radius 3 is 1.37 bits per heavy atom. The Morgan fingerprint density at radius 1 is 0.842 bits per heavy atom. The van der Waals surface area contributed by atoms with Crippen LogP contribution in [0, 0.1) is 11.8 Å². The van der Waals surface area contributed by atoms with Crippen LogP contribution in [0.2, 0.25) is 13.1 Å². The lowest BCUT2D eigenvalue weighted by molar-refractivity contribution is 0.176. The summed E-state index contributed by atoms with van der Waals surface area (Å²) < 4.78 is 18.1. The summed E-state index contributed by atoms with van der Waals surface area (Å²) in [6.45, 7) is 21.6. The first-order chi connectivity index (χ1) is 8.66. The molecule has 0 saturated heterocycles. The van der Waals surface area contributed by atoms with E-state index in [2.05, 4.69) is 40.9 Å². The first-order valence-electron chi connectivity index (χ1n) is 6.91. The van der Waals surface area contributed by atoms with E-state index >= 15 is 0 Å². The lowest BCUT2D eigenvalue weighted by atomic mass is 10.2. The van der Waals surface area contributed by atoms with Crippen LogP contribution < -0.4 is 0 Å². The Balaban J connectivity index is 4.69. The number of rotatable bonds is 10. The van der Waals surface area contributed by atoms with Crippen LogP contribution in [0.15, 0.2) is 24.6 Å². The van der Waals surface area contributed by atoms with Crippen molar-refractivity contribution in [3.8, 4) is 0 Å². The lowest BCUT2D eigenvalue weighted by Crippen LogP contribution is -2.51. The van der Waals surface area contributed by atoms with Crippen molar-refractivity contribution < 1.29 is 13.0 Å². The quantitative estimate of drug-likeness (QED) is 0.572.